The second kappa shape index (κ2) is 11.0. The van der Waals surface area contributed by atoms with Gasteiger partial charge in [0.05, 0.1) is 36.7 Å². The second-order valence-electron chi connectivity index (χ2n) is 5.43. The van der Waals surface area contributed by atoms with Crippen LogP contribution in [0.5, 0.6) is 0 Å². The van der Waals surface area contributed by atoms with Crippen molar-refractivity contribution in [1.82, 2.24) is 0 Å². The van der Waals surface area contributed by atoms with E-state index in [9.17, 15) is 9.59 Å². The summed E-state index contributed by atoms with van der Waals surface area (Å²) in [6.45, 7) is 0. The summed E-state index contributed by atoms with van der Waals surface area (Å²) in [5.74, 6) is -0.858. The molecule has 6 nitrogen and oxygen atoms in total. The predicted molar refractivity (Wildman–Crippen MR) is 106 cm³/mol. The van der Waals surface area contributed by atoms with Gasteiger partial charge in [-0.15, -0.1) is 0 Å². The normalized spacial score (nSPS) is 9.93. The van der Waals surface area contributed by atoms with Crippen LogP contribution in [0.25, 0.3) is 0 Å². The minimum atomic E-state index is -0.429. The monoisotopic (exact) mass is 376 g/mol. The van der Waals surface area contributed by atoms with Crippen LogP contribution >= 0.6 is 0 Å². The lowest BCUT2D eigenvalue weighted by Gasteiger charge is -2.00. The molecule has 28 heavy (non-hydrogen) atoms. The third-order valence-electron chi connectivity index (χ3n) is 3.52. The Morgan fingerprint density at radius 1 is 0.571 bits per heavy atom. The standard InChI is InChI=1S/C12H10N2.C10H10O4/c1-3-7-11(8-4-1)13-14-12-9-5-2-6-10-12;1-13-9(11)7-3-5-8(6-4-7)10(12)14-2/h1-10H;3-6H,1-2H3. The number of esters is 2. The first-order valence-electron chi connectivity index (χ1n) is 8.42. The molecule has 0 saturated heterocycles. The number of nitrogens with zero attached hydrogens (tertiary/aromatic N) is 2. The van der Waals surface area contributed by atoms with Crippen LogP contribution in [0.1, 0.15) is 20.7 Å². The average molecular weight is 376 g/mol. The van der Waals surface area contributed by atoms with Crippen molar-refractivity contribution in [3.63, 3.8) is 0 Å². The lowest BCUT2D eigenvalue weighted by molar-refractivity contribution is 0.0586. The SMILES string of the molecule is COC(=O)c1ccc(C(=O)OC)cc1.c1ccc(N=Nc2ccccc2)cc1. The van der Waals surface area contributed by atoms with Crippen LogP contribution in [0.15, 0.2) is 95.2 Å². The summed E-state index contributed by atoms with van der Waals surface area (Å²) in [6.07, 6.45) is 0. The summed E-state index contributed by atoms with van der Waals surface area (Å²) in [5, 5.41) is 8.20. The molecule has 0 aromatic heterocycles. The highest BCUT2D eigenvalue weighted by molar-refractivity contribution is 5.93. The lowest BCUT2D eigenvalue weighted by Crippen LogP contribution is -2.04. The van der Waals surface area contributed by atoms with Crippen molar-refractivity contribution in [2.45, 2.75) is 0 Å². The molecule has 0 radical (unpaired) electrons. The van der Waals surface area contributed by atoms with Crippen LogP contribution in [0.3, 0.4) is 0 Å². The van der Waals surface area contributed by atoms with Gasteiger partial charge >= 0.3 is 11.9 Å². The molecule has 0 saturated carbocycles. The summed E-state index contributed by atoms with van der Waals surface area (Å²) >= 11 is 0. The summed E-state index contributed by atoms with van der Waals surface area (Å²) in [5.41, 5.74) is 2.55. The van der Waals surface area contributed by atoms with E-state index in [0.717, 1.165) is 11.4 Å². The van der Waals surface area contributed by atoms with E-state index >= 15 is 0 Å². The Kier molecular flexibility index (Phi) is 8.08. The van der Waals surface area contributed by atoms with Gasteiger partial charge in [-0.2, -0.15) is 10.2 Å². The van der Waals surface area contributed by atoms with E-state index in [4.69, 9.17) is 0 Å². The van der Waals surface area contributed by atoms with Crippen molar-refractivity contribution in [2.24, 2.45) is 10.2 Å². The summed E-state index contributed by atoms with van der Waals surface area (Å²) in [7, 11) is 2.60. The number of azo groups is 1. The fourth-order valence-electron chi connectivity index (χ4n) is 2.08. The van der Waals surface area contributed by atoms with Crippen molar-refractivity contribution < 1.29 is 19.1 Å². The first kappa shape index (κ1) is 20.5. The molecule has 0 N–H and O–H groups in total. The molecule has 142 valence electrons. The maximum atomic E-state index is 11.0. The summed E-state index contributed by atoms with van der Waals surface area (Å²) in [6, 6.07) is 25.4. The Morgan fingerprint density at radius 3 is 1.18 bits per heavy atom. The molecule has 0 fully saturated rings. The lowest BCUT2D eigenvalue weighted by atomic mass is 10.1. The average Bonchev–Trinajstić information content (AvgIpc) is 2.78. The van der Waals surface area contributed by atoms with Gasteiger partial charge in [-0.1, -0.05) is 36.4 Å². The molecule has 0 aliphatic carbocycles. The van der Waals surface area contributed by atoms with Crippen molar-refractivity contribution >= 4 is 23.3 Å². The molecule has 0 aliphatic rings. The van der Waals surface area contributed by atoms with E-state index in [-0.39, 0.29) is 0 Å². The van der Waals surface area contributed by atoms with Crippen molar-refractivity contribution in [1.29, 1.82) is 0 Å². The highest BCUT2D eigenvalue weighted by Gasteiger charge is 2.08. The first-order chi connectivity index (χ1) is 13.6. The van der Waals surface area contributed by atoms with Gasteiger partial charge in [0.1, 0.15) is 0 Å². The number of methoxy groups -OCH3 is 2. The molecule has 3 rings (SSSR count). The Labute approximate surface area is 163 Å². The molecule has 0 amide bonds. The summed E-state index contributed by atoms with van der Waals surface area (Å²) < 4.78 is 9.02. The Bertz CT molecular complexity index is 832. The molecule has 0 aliphatic heterocycles. The zero-order valence-corrected chi connectivity index (χ0v) is 15.6. The topological polar surface area (TPSA) is 77.3 Å². The smallest absolute Gasteiger partial charge is 0.337 e. The molecule has 0 bridgehead atoms. The number of carbonyl (C=O) groups excluding carboxylic acids is 2. The molecule has 6 heteroatoms. The van der Waals surface area contributed by atoms with Gasteiger partial charge in [0, 0.05) is 0 Å². The van der Waals surface area contributed by atoms with Gasteiger partial charge in [-0.25, -0.2) is 9.59 Å². The fourth-order valence-corrected chi connectivity index (χ4v) is 2.08. The zero-order valence-electron chi connectivity index (χ0n) is 15.6. The van der Waals surface area contributed by atoms with Gasteiger partial charge < -0.3 is 9.47 Å². The molecule has 0 spiro atoms. The van der Waals surface area contributed by atoms with Crippen LogP contribution < -0.4 is 0 Å². The van der Waals surface area contributed by atoms with E-state index in [2.05, 4.69) is 19.7 Å². The van der Waals surface area contributed by atoms with Crippen LogP contribution in [0.4, 0.5) is 11.4 Å². The Morgan fingerprint density at radius 2 is 0.893 bits per heavy atom. The number of rotatable bonds is 4. The third kappa shape index (κ3) is 6.49. The highest BCUT2D eigenvalue weighted by Crippen LogP contribution is 2.16. The minimum absolute atomic E-state index is 0.403. The van der Waals surface area contributed by atoms with Gasteiger partial charge in [0.2, 0.25) is 0 Å². The van der Waals surface area contributed by atoms with Gasteiger partial charge in [-0.05, 0) is 48.5 Å². The van der Waals surface area contributed by atoms with E-state index < -0.39 is 11.9 Å². The zero-order chi connectivity index (χ0) is 20.2. The van der Waals surface area contributed by atoms with E-state index in [0.29, 0.717) is 11.1 Å². The Balaban J connectivity index is 0.000000200. The predicted octanol–water partition coefficient (Wildman–Crippen LogP) is 5.36. The molecule has 3 aromatic rings. The third-order valence-corrected chi connectivity index (χ3v) is 3.52. The van der Waals surface area contributed by atoms with Gasteiger partial charge in [0.15, 0.2) is 0 Å². The number of carbonyl (C=O) groups is 2. The van der Waals surface area contributed by atoms with Crippen LogP contribution in [0, 0.1) is 0 Å². The first-order valence-corrected chi connectivity index (χ1v) is 8.42. The molecular weight excluding hydrogens is 356 g/mol. The van der Waals surface area contributed by atoms with E-state index in [1.54, 1.807) is 0 Å². The van der Waals surface area contributed by atoms with E-state index in [1.807, 2.05) is 60.7 Å². The van der Waals surface area contributed by atoms with Gasteiger partial charge in [-0.3, -0.25) is 0 Å². The fraction of sp³-hybridized carbons (Fsp3) is 0.0909. The maximum Gasteiger partial charge on any atom is 0.337 e. The molecule has 0 atom stereocenters. The van der Waals surface area contributed by atoms with Crippen molar-refractivity contribution in [2.75, 3.05) is 14.2 Å². The highest BCUT2D eigenvalue weighted by atomic mass is 16.5. The molecular formula is C22H20N2O4. The number of hydrogen-bond donors (Lipinski definition) is 0. The number of hydrogen-bond acceptors (Lipinski definition) is 6. The Hall–Kier alpha value is -3.80. The number of benzene rings is 3. The van der Waals surface area contributed by atoms with Crippen molar-refractivity contribution in [3.8, 4) is 0 Å². The maximum absolute atomic E-state index is 11.0. The van der Waals surface area contributed by atoms with Gasteiger partial charge in [0.25, 0.3) is 0 Å². The van der Waals surface area contributed by atoms with Crippen LogP contribution in [-0.2, 0) is 9.47 Å². The second-order valence-corrected chi connectivity index (χ2v) is 5.43. The van der Waals surface area contributed by atoms with E-state index in [1.165, 1.54) is 38.5 Å². The van der Waals surface area contributed by atoms with Crippen LogP contribution in [0.2, 0.25) is 0 Å². The quantitative estimate of drug-likeness (QED) is 0.453. The number of ether oxygens (including phenoxy) is 2. The molecule has 0 unspecified atom stereocenters. The molecule has 3 aromatic carbocycles. The van der Waals surface area contributed by atoms with Crippen LogP contribution in [-0.4, -0.2) is 26.2 Å². The largest absolute Gasteiger partial charge is 0.465 e. The van der Waals surface area contributed by atoms with Crippen molar-refractivity contribution in [3.05, 3.63) is 96.1 Å². The molecule has 0 heterocycles. The minimum Gasteiger partial charge on any atom is -0.465 e. The summed E-state index contributed by atoms with van der Waals surface area (Å²) in [4.78, 5) is 22.1.